The first-order chi connectivity index (χ1) is 11.3. The van der Waals surface area contributed by atoms with Crippen molar-refractivity contribution in [3.8, 4) is 0 Å². The minimum Gasteiger partial charge on any atom is -0.469 e. The van der Waals surface area contributed by atoms with Gasteiger partial charge in [-0.2, -0.15) is 0 Å². The number of unbranched alkanes of at least 4 members (excludes halogenated alkanes) is 6. The van der Waals surface area contributed by atoms with E-state index in [0.29, 0.717) is 6.42 Å². The summed E-state index contributed by atoms with van der Waals surface area (Å²) in [7, 11) is 2.93. The summed E-state index contributed by atoms with van der Waals surface area (Å²) in [6.45, 7) is 8.49. The van der Waals surface area contributed by atoms with Crippen LogP contribution in [0, 0.1) is 17.3 Å². The van der Waals surface area contributed by atoms with Crippen LogP contribution in [0.1, 0.15) is 85.5 Å². The van der Waals surface area contributed by atoms with Crippen molar-refractivity contribution in [2.24, 2.45) is 17.3 Å². The van der Waals surface area contributed by atoms with E-state index in [1.807, 2.05) is 0 Å². The standard InChI is InChI=1S/C20H38O4/c1-16(2)20(17(3)4,19(22)24-6)15-13-11-9-7-8-10-12-14-18(21)23-5/h16-17H,7-15H2,1-6H3. The van der Waals surface area contributed by atoms with E-state index in [1.54, 1.807) is 0 Å². The van der Waals surface area contributed by atoms with Crippen LogP contribution in [0.15, 0.2) is 0 Å². The summed E-state index contributed by atoms with van der Waals surface area (Å²) in [6, 6.07) is 0. The molecular weight excluding hydrogens is 304 g/mol. The smallest absolute Gasteiger partial charge is 0.312 e. The highest BCUT2D eigenvalue weighted by Gasteiger charge is 2.44. The molecule has 0 spiro atoms. The fourth-order valence-corrected chi connectivity index (χ4v) is 3.68. The highest BCUT2D eigenvalue weighted by Crippen LogP contribution is 2.42. The number of rotatable bonds is 13. The molecule has 0 aromatic rings. The van der Waals surface area contributed by atoms with Gasteiger partial charge in [-0.3, -0.25) is 9.59 Å². The summed E-state index contributed by atoms with van der Waals surface area (Å²) < 4.78 is 9.74. The summed E-state index contributed by atoms with van der Waals surface area (Å²) in [5.74, 6) is 0.387. The molecule has 0 rings (SSSR count). The van der Waals surface area contributed by atoms with E-state index in [4.69, 9.17) is 4.74 Å². The summed E-state index contributed by atoms with van der Waals surface area (Å²) in [5, 5.41) is 0. The number of carbonyl (C=O) groups is 2. The van der Waals surface area contributed by atoms with Gasteiger partial charge in [0.05, 0.1) is 19.6 Å². The maximum Gasteiger partial charge on any atom is 0.312 e. The molecule has 0 aromatic heterocycles. The van der Waals surface area contributed by atoms with E-state index in [1.165, 1.54) is 27.1 Å². The molecule has 0 aliphatic carbocycles. The first kappa shape index (κ1) is 22.9. The molecule has 24 heavy (non-hydrogen) atoms. The molecule has 0 radical (unpaired) electrons. The number of hydrogen-bond acceptors (Lipinski definition) is 4. The Morgan fingerprint density at radius 1 is 0.750 bits per heavy atom. The molecule has 4 heteroatoms. The molecule has 4 nitrogen and oxygen atoms in total. The number of ether oxygens (including phenoxy) is 2. The fourth-order valence-electron chi connectivity index (χ4n) is 3.68. The summed E-state index contributed by atoms with van der Waals surface area (Å²) in [6.07, 6.45) is 9.17. The molecule has 0 unspecified atom stereocenters. The second-order valence-corrected chi connectivity index (χ2v) is 7.39. The first-order valence-electron chi connectivity index (χ1n) is 9.48. The number of esters is 2. The molecule has 0 amide bonds. The van der Waals surface area contributed by atoms with Crippen molar-refractivity contribution in [3.63, 3.8) is 0 Å². The SMILES string of the molecule is COC(=O)CCCCCCCCCC(C(=O)OC)(C(C)C)C(C)C. The van der Waals surface area contributed by atoms with Crippen LogP contribution in [0.5, 0.6) is 0 Å². The van der Waals surface area contributed by atoms with Gasteiger partial charge < -0.3 is 9.47 Å². The lowest BCUT2D eigenvalue weighted by Crippen LogP contribution is -2.42. The molecule has 0 saturated heterocycles. The van der Waals surface area contributed by atoms with Gasteiger partial charge in [0.25, 0.3) is 0 Å². The minimum atomic E-state index is -0.366. The van der Waals surface area contributed by atoms with Crippen LogP contribution < -0.4 is 0 Å². The van der Waals surface area contributed by atoms with Crippen molar-refractivity contribution in [2.75, 3.05) is 14.2 Å². The lowest BCUT2D eigenvalue weighted by Gasteiger charge is -2.38. The Bertz CT molecular complexity index is 353. The van der Waals surface area contributed by atoms with E-state index in [2.05, 4.69) is 32.4 Å². The zero-order chi connectivity index (χ0) is 18.6. The third-order valence-electron chi connectivity index (χ3n) is 5.32. The molecule has 0 saturated carbocycles. The van der Waals surface area contributed by atoms with Crippen LogP contribution in [0.3, 0.4) is 0 Å². The summed E-state index contributed by atoms with van der Waals surface area (Å²) in [4.78, 5) is 23.4. The van der Waals surface area contributed by atoms with Crippen molar-refractivity contribution >= 4 is 11.9 Å². The zero-order valence-corrected chi connectivity index (χ0v) is 16.7. The predicted molar refractivity (Wildman–Crippen MR) is 97.7 cm³/mol. The molecule has 0 bridgehead atoms. The molecule has 142 valence electrons. The van der Waals surface area contributed by atoms with Gasteiger partial charge in [0.15, 0.2) is 0 Å². The Hall–Kier alpha value is -1.06. The highest BCUT2D eigenvalue weighted by molar-refractivity contribution is 5.77. The molecule has 0 aliphatic heterocycles. The third-order valence-corrected chi connectivity index (χ3v) is 5.32. The van der Waals surface area contributed by atoms with Crippen molar-refractivity contribution in [1.82, 2.24) is 0 Å². The topological polar surface area (TPSA) is 52.6 Å². The van der Waals surface area contributed by atoms with Gasteiger partial charge in [-0.25, -0.2) is 0 Å². The molecule has 0 N–H and O–H groups in total. The van der Waals surface area contributed by atoms with E-state index in [0.717, 1.165) is 38.5 Å². The Labute approximate surface area is 148 Å². The molecule has 0 fully saturated rings. The van der Waals surface area contributed by atoms with Crippen LogP contribution >= 0.6 is 0 Å². The minimum absolute atomic E-state index is 0.0599. The van der Waals surface area contributed by atoms with Crippen molar-refractivity contribution in [3.05, 3.63) is 0 Å². The largest absolute Gasteiger partial charge is 0.469 e. The number of hydrogen-bond donors (Lipinski definition) is 0. The van der Waals surface area contributed by atoms with E-state index in [9.17, 15) is 9.59 Å². The number of methoxy groups -OCH3 is 2. The maximum absolute atomic E-state index is 12.4. The average molecular weight is 343 g/mol. The van der Waals surface area contributed by atoms with Crippen molar-refractivity contribution in [2.45, 2.75) is 85.5 Å². The highest BCUT2D eigenvalue weighted by atomic mass is 16.5. The Balaban J connectivity index is 4.05. The van der Waals surface area contributed by atoms with Gasteiger partial charge in [-0.05, 0) is 24.7 Å². The Kier molecular flexibility index (Phi) is 11.8. The molecule has 0 heterocycles. The van der Waals surface area contributed by atoms with Gasteiger partial charge in [-0.15, -0.1) is 0 Å². The van der Waals surface area contributed by atoms with Crippen LogP contribution in [0.2, 0.25) is 0 Å². The van der Waals surface area contributed by atoms with Crippen LogP contribution in [0.4, 0.5) is 0 Å². The summed E-state index contributed by atoms with van der Waals surface area (Å²) >= 11 is 0. The fraction of sp³-hybridized carbons (Fsp3) is 0.900. The van der Waals surface area contributed by atoms with Gasteiger partial charge in [0, 0.05) is 6.42 Å². The Morgan fingerprint density at radius 3 is 1.62 bits per heavy atom. The van der Waals surface area contributed by atoms with E-state index in [-0.39, 0.29) is 29.2 Å². The van der Waals surface area contributed by atoms with Gasteiger partial charge >= 0.3 is 11.9 Å². The molecule has 0 atom stereocenters. The van der Waals surface area contributed by atoms with Gasteiger partial charge in [-0.1, -0.05) is 66.2 Å². The van der Waals surface area contributed by atoms with E-state index < -0.39 is 0 Å². The van der Waals surface area contributed by atoms with E-state index >= 15 is 0 Å². The molecule has 0 aliphatic rings. The molecular formula is C20H38O4. The monoisotopic (exact) mass is 342 g/mol. The Morgan fingerprint density at radius 2 is 1.21 bits per heavy atom. The maximum atomic E-state index is 12.4. The lowest BCUT2D eigenvalue weighted by atomic mass is 9.66. The third kappa shape index (κ3) is 7.23. The predicted octanol–water partition coefficient (Wildman–Crippen LogP) is 5.14. The molecule has 0 aromatic carbocycles. The second kappa shape index (κ2) is 12.3. The second-order valence-electron chi connectivity index (χ2n) is 7.39. The summed E-state index contributed by atoms with van der Waals surface area (Å²) in [5.41, 5.74) is -0.366. The zero-order valence-electron chi connectivity index (χ0n) is 16.7. The van der Waals surface area contributed by atoms with Gasteiger partial charge in [0.1, 0.15) is 0 Å². The van der Waals surface area contributed by atoms with Crippen LogP contribution in [-0.4, -0.2) is 26.2 Å². The van der Waals surface area contributed by atoms with Gasteiger partial charge in [0.2, 0.25) is 0 Å². The van der Waals surface area contributed by atoms with Crippen molar-refractivity contribution in [1.29, 1.82) is 0 Å². The van der Waals surface area contributed by atoms with Crippen LogP contribution in [0.25, 0.3) is 0 Å². The average Bonchev–Trinajstić information content (AvgIpc) is 2.55. The lowest BCUT2D eigenvalue weighted by molar-refractivity contribution is -0.160. The quantitative estimate of drug-likeness (QED) is 0.343. The number of carbonyl (C=O) groups excluding carboxylic acids is 2. The normalized spacial score (nSPS) is 11.8. The first-order valence-corrected chi connectivity index (χ1v) is 9.48. The van der Waals surface area contributed by atoms with Crippen LogP contribution in [-0.2, 0) is 19.1 Å². The van der Waals surface area contributed by atoms with Crippen molar-refractivity contribution < 1.29 is 19.1 Å².